The molecule has 0 fully saturated rings. The van der Waals surface area contributed by atoms with Gasteiger partial charge in [-0.2, -0.15) is 0 Å². The Morgan fingerprint density at radius 1 is 0.780 bits per heavy atom. The predicted octanol–water partition coefficient (Wildman–Crippen LogP) is 7.94. The predicted molar refractivity (Wildman–Crippen MR) is 169 cm³/mol. The van der Waals surface area contributed by atoms with Crippen molar-refractivity contribution in [2.45, 2.75) is 77.7 Å². The van der Waals surface area contributed by atoms with Crippen molar-refractivity contribution in [2.75, 3.05) is 19.8 Å². The van der Waals surface area contributed by atoms with Gasteiger partial charge in [0.1, 0.15) is 24.0 Å². The second-order valence-corrected chi connectivity index (χ2v) is 9.27. The molecule has 0 aliphatic heterocycles. The van der Waals surface area contributed by atoms with E-state index in [4.69, 9.17) is 9.47 Å². The molecular formula is C35H49NO5. The number of hydrogen-bond acceptors (Lipinski definition) is 5. The third-order valence-corrected chi connectivity index (χ3v) is 5.85. The molecule has 1 atom stereocenters. The van der Waals surface area contributed by atoms with Crippen LogP contribution >= 0.6 is 0 Å². The van der Waals surface area contributed by atoms with Gasteiger partial charge in [-0.1, -0.05) is 98.9 Å². The second-order valence-electron chi connectivity index (χ2n) is 9.27. The quantitative estimate of drug-likeness (QED) is 0.0850. The fourth-order valence-corrected chi connectivity index (χ4v) is 3.60. The number of unbranched alkanes of at least 4 members (excludes halogenated alkanes) is 1. The SMILES string of the molecule is CC/C=C\C/C=C\C/C=C\C/C=C\C/C=C\C/C=C\CCCOC(CC)C(=O)NCCOC(=O)c1ccccc1O. The van der Waals surface area contributed by atoms with Crippen LogP contribution in [0.25, 0.3) is 0 Å². The second kappa shape index (κ2) is 25.3. The summed E-state index contributed by atoms with van der Waals surface area (Å²) >= 11 is 0. The van der Waals surface area contributed by atoms with Gasteiger partial charge in [0, 0.05) is 6.61 Å². The van der Waals surface area contributed by atoms with Gasteiger partial charge < -0.3 is 19.9 Å². The molecule has 0 saturated heterocycles. The van der Waals surface area contributed by atoms with Crippen molar-refractivity contribution in [2.24, 2.45) is 0 Å². The number of benzene rings is 1. The largest absolute Gasteiger partial charge is 0.507 e. The van der Waals surface area contributed by atoms with Gasteiger partial charge in [-0.3, -0.25) is 4.79 Å². The Labute approximate surface area is 247 Å². The van der Waals surface area contributed by atoms with Crippen LogP contribution in [0, 0.1) is 0 Å². The van der Waals surface area contributed by atoms with Crippen molar-refractivity contribution in [3.8, 4) is 5.75 Å². The van der Waals surface area contributed by atoms with Crippen LogP contribution in [0.15, 0.2) is 97.2 Å². The number of allylic oxidation sites excluding steroid dienone is 12. The van der Waals surface area contributed by atoms with Crippen molar-refractivity contribution >= 4 is 11.9 Å². The average Bonchev–Trinajstić information content (AvgIpc) is 2.98. The smallest absolute Gasteiger partial charge is 0.341 e. The summed E-state index contributed by atoms with van der Waals surface area (Å²) in [6, 6.07) is 6.17. The van der Waals surface area contributed by atoms with Crippen LogP contribution in [0.5, 0.6) is 5.75 Å². The first-order chi connectivity index (χ1) is 20.1. The molecule has 0 radical (unpaired) electrons. The highest BCUT2D eigenvalue weighted by atomic mass is 16.5. The number of nitrogens with one attached hydrogen (secondary N) is 1. The van der Waals surface area contributed by atoms with Crippen LogP contribution in [0.1, 0.15) is 82.0 Å². The van der Waals surface area contributed by atoms with Crippen LogP contribution in [0.3, 0.4) is 0 Å². The molecular weight excluding hydrogens is 514 g/mol. The Bertz CT molecular complexity index is 1020. The van der Waals surface area contributed by atoms with E-state index in [9.17, 15) is 14.7 Å². The first-order valence-corrected chi connectivity index (χ1v) is 14.8. The van der Waals surface area contributed by atoms with E-state index in [1.807, 2.05) is 6.92 Å². The first-order valence-electron chi connectivity index (χ1n) is 14.8. The maximum Gasteiger partial charge on any atom is 0.341 e. The number of phenolic OH excluding ortho intramolecular Hbond substituents is 1. The molecule has 1 amide bonds. The number of para-hydroxylation sites is 1. The van der Waals surface area contributed by atoms with Crippen LogP contribution in [0.2, 0.25) is 0 Å². The van der Waals surface area contributed by atoms with Gasteiger partial charge in [-0.25, -0.2) is 4.79 Å². The van der Waals surface area contributed by atoms with Crippen molar-refractivity contribution in [3.05, 3.63) is 103 Å². The van der Waals surface area contributed by atoms with Crippen molar-refractivity contribution < 1.29 is 24.2 Å². The summed E-state index contributed by atoms with van der Waals surface area (Å²) < 4.78 is 10.8. The number of esters is 1. The molecule has 1 aromatic rings. The standard InChI is InChI=1S/C35H49NO5/c1-3-5-6-7-8-9-10-11-12-13-14-15-16-17-18-19-20-21-22-25-29-40-33(4-2)34(38)36-28-30-41-35(39)31-26-23-24-27-32(31)37/h5-6,8-9,11-12,14-15,17-18,20-21,23-24,26-27,33,37H,3-4,7,10,13,16,19,22,25,28-30H2,1-2H3,(H,36,38)/b6-5-,9-8-,12-11-,15-14-,18-17-,21-20-. The Morgan fingerprint density at radius 3 is 1.85 bits per heavy atom. The van der Waals surface area contributed by atoms with Gasteiger partial charge in [-0.05, 0) is 69.9 Å². The highest BCUT2D eigenvalue weighted by Gasteiger charge is 2.17. The van der Waals surface area contributed by atoms with Gasteiger partial charge in [-0.15, -0.1) is 0 Å². The highest BCUT2D eigenvalue weighted by Crippen LogP contribution is 2.16. The maximum absolute atomic E-state index is 12.3. The van der Waals surface area contributed by atoms with Gasteiger partial charge in [0.25, 0.3) is 0 Å². The van der Waals surface area contributed by atoms with Gasteiger partial charge in [0.2, 0.25) is 5.91 Å². The van der Waals surface area contributed by atoms with Crippen molar-refractivity contribution in [1.29, 1.82) is 0 Å². The molecule has 6 heteroatoms. The van der Waals surface area contributed by atoms with Crippen LogP contribution in [-0.2, 0) is 14.3 Å². The molecule has 6 nitrogen and oxygen atoms in total. The van der Waals surface area contributed by atoms with Gasteiger partial charge >= 0.3 is 5.97 Å². The molecule has 0 aliphatic carbocycles. The van der Waals surface area contributed by atoms with E-state index in [2.05, 4.69) is 85.2 Å². The topological polar surface area (TPSA) is 84.9 Å². The number of rotatable bonds is 22. The van der Waals surface area contributed by atoms with E-state index in [-0.39, 0.29) is 30.4 Å². The van der Waals surface area contributed by atoms with E-state index in [1.165, 1.54) is 12.1 Å². The summed E-state index contributed by atoms with van der Waals surface area (Å²) in [6.45, 7) is 4.73. The van der Waals surface area contributed by atoms with E-state index in [0.717, 1.165) is 51.4 Å². The summed E-state index contributed by atoms with van der Waals surface area (Å²) in [6.07, 6.45) is 33.9. The molecule has 0 bridgehead atoms. The third-order valence-electron chi connectivity index (χ3n) is 5.85. The van der Waals surface area contributed by atoms with Crippen LogP contribution < -0.4 is 5.32 Å². The number of ether oxygens (including phenoxy) is 2. The van der Waals surface area contributed by atoms with Gasteiger partial charge in [0.15, 0.2) is 0 Å². The molecule has 0 heterocycles. The van der Waals surface area contributed by atoms with Crippen LogP contribution in [-0.4, -0.2) is 42.8 Å². The Kier molecular flexibility index (Phi) is 21.9. The van der Waals surface area contributed by atoms with Gasteiger partial charge in [0.05, 0.1) is 6.54 Å². The maximum atomic E-state index is 12.3. The summed E-state index contributed by atoms with van der Waals surface area (Å²) in [5.41, 5.74) is 0.0977. The summed E-state index contributed by atoms with van der Waals surface area (Å²) in [5.74, 6) is -0.986. The molecule has 1 aromatic carbocycles. The minimum Gasteiger partial charge on any atom is -0.507 e. The van der Waals surface area contributed by atoms with E-state index in [0.29, 0.717) is 13.0 Å². The molecule has 0 spiro atoms. The molecule has 41 heavy (non-hydrogen) atoms. The normalized spacial score (nSPS) is 13.0. The zero-order valence-corrected chi connectivity index (χ0v) is 24.9. The van der Waals surface area contributed by atoms with Crippen LogP contribution in [0.4, 0.5) is 0 Å². The summed E-state index contributed by atoms with van der Waals surface area (Å²) in [7, 11) is 0. The summed E-state index contributed by atoms with van der Waals surface area (Å²) in [4.78, 5) is 24.3. The Hall–Kier alpha value is -3.64. The average molecular weight is 564 g/mol. The molecule has 1 unspecified atom stereocenters. The number of carbonyl (C=O) groups excluding carboxylic acids is 2. The molecule has 0 aromatic heterocycles. The zero-order chi connectivity index (χ0) is 29.8. The fourth-order valence-electron chi connectivity index (χ4n) is 3.60. The lowest BCUT2D eigenvalue weighted by Gasteiger charge is -2.16. The van der Waals surface area contributed by atoms with Crippen molar-refractivity contribution in [3.63, 3.8) is 0 Å². The minimum atomic E-state index is -0.630. The molecule has 224 valence electrons. The van der Waals surface area contributed by atoms with Crippen molar-refractivity contribution in [1.82, 2.24) is 5.32 Å². The van der Waals surface area contributed by atoms with E-state index in [1.54, 1.807) is 12.1 Å². The Morgan fingerprint density at radius 2 is 1.32 bits per heavy atom. The number of carbonyl (C=O) groups is 2. The lowest BCUT2D eigenvalue weighted by atomic mass is 10.2. The third kappa shape index (κ3) is 19.1. The number of hydrogen-bond donors (Lipinski definition) is 2. The lowest BCUT2D eigenvalue weighted by Crippen LogP contribution is -2.38. The van der Waals surface area contributed by atoms with E-state index < -0.39 is 12.1 Å². The highest BCUT2D eigenvalue weighted by molar-refractivity contribution is 5.92. The number of amides is 1. The fraction of sp³-hybridized carbons (Fsp3) is 0.429. The first kappa shape index (κ1) is 35.4. The molecule has 0 saturated carbocycles. The number of phenols is 1. The zero-order valence-electron chi connectivity index (χ0n) is 24.9. The monoisotopic (exact) mass is 563 g/mol. The molecule has 0 aliphatic rings. The molecule has 1 rings (SSSR count). The lowest BCUT2D eigenvalue weighted by molar-refractivity contribution is -0.133. The minimum absolute atomic E-state index is 0.0119. The van der Waals surface area contributed by atoms with E-state index >= 15 is 0 Å². The Balaban J connectivity index is 2.05. The number of aromatic hydroxyl groups is 1. The molecule has 2 N–H and O–H groups in total. The summed E-state index contributed by atoms with van der Waals surface area (Å²) in [5, 5.41) is 12.4.